The van der Waals surface area contributed by atoms with Crippen molar-refractivity contribution < 1.29 is 9.84 Å². The summed E-state index contributed by atoms with van der Waals surface area (Å²) in [5.41, 5.74) is 5.36. The number of hydrogen-bond acceptors (Lipinski definition) is 4. The van der Waals surface area contributed by atoms with Crippen LogP contribution in [-0.4, -0.2) is 28.1 Å². The van der Waals surface area contributed by atoms with E-state index in [1.807, 2.05) is 32.9 Å². The molecule has 0 aliphatic heterocycles. The van der Waals surface area contributed by atoms with Crippen molar-refractivity contribution in [3.05, 3.63) is 58.4 Å². The Hall–Kier alpha value is -1.91. The highest BCUT2D eigenvalue weighted by molar-refractivity contribution is 5.37. The van der Waals surface area contributed by atoms with Gasteiger partial charge in [0.1, 0.15) is 5.75 Å². The highest BCUT2D eigenvalue weighted by Crippen LogP contribution is 2.22. The summed E-state index contributed by atoms with van der Waals surface area (Å²) in [4.78, 5) is 6.82. The predicted octanol–water partition coefficient (Wildman–Crippen LogP) is 3.61. The molecule has 0 bridgehead atoms. The fraction of sp³-hybridized carbons (Fsp3) is 0.450. The van der Waals surface area contributed by atoms with Gasteiger partial charge in [0.25, 0.3) is 0 Å². The average Bonchev–Trinajstić information content (AvgIpc) is 2.47. The molecule has 24 heavy (non-hydrogen) atoms. The van der Waals surface area contributed by atoms with E-state index in [4.69, 9.17) is 4.74 Å². The van der Waals surface area contributed by atoms with E-state index in [0.717, 1.165) is 41.4 Å². The zero-order valence-electron chi connectivity index (χ0n) is 15.3. The Kier molecular flexibility index (Phi) is 6.35. The standard InChI is InChI=1S/C20H28N2O2/c1-14(2)24-20-7-6-17(10-18(20)13-23)11-22(5)12-19-9-15(3)8-16(4)21-19/h6-10,14,23H,11-13H2,1-5H3. The fourth-order valence-electron chi connectivity index (χ4n) is 2.87. The Labute approximate surface area is 145 Å². The van der Waals surface area contributed by atoms with Gasteiger partial charge < -0.3 is 9.84 Å². The molecule has 1 N–H and O–H groups in total. The summed E-state index contributed by atoms with van der Waals surface area (Å²) in [6.07, 6.45) is 0.0967. The Morgan fingerprint density at radius 2 is 1.88 bits per heavy atom. The number of nitrogens with zero attached hydrogens (tertiary/aromatic N) is 2. The van der Waals surface area contributed by atoms with Gasteiger partial charge in [-0.2, -0.15) is 0 Å². The van der Waals surface area contributed by atoms with Crippen molar-refractivity contribution in [3.8, 4) is 5.75 Å². The average molecular weight is 328 g/mol. The monoisotopic (exact) mass is 328 g/mol. The first-order chi connectivity index (χ1) is 11.4. The first kappa shape index (κ1) is 18.4. The zero-order chi connectivity index (χ0) is 17.7. The van der Waals surface area contributed by atoms with Crippen molar-refractivity contribution in [3.63, 3.8) is 0 Å². The van der Waals surface area contributed by atoms with Gasteiger partial charge in [-0.3, -0.25) is 9.88 Å². The number of aliphatic hydroxyl groups excluding tert-OH is 1. The second kappa shape index (κ2) is 8.27. The van der Waals surface area contributed by atoms with Crippen LogP contribution >= 0.6 is 0 Å². The lowest BCUT2D eigenvalue weighted by atomic mass is 10.1. The third-order valence-electron chi connectivity index (χ3n) is 3.69. The normalized spacial score (nSPS) is 11.3. The zero-order valence-corrected chi connectivity index (χ0v) is 15.3. The van der Waals surface area contributed by atoms with E-state index in [1.165, 1.54) is 5.56 Å². The van der Waals surface area contributed by atoms with E-state index < -0.39 is 0 Å². The summed E-state index contributed by atoms with van der Waals surface area (Å²) >= 11 is 0. The quantitative estimate of drug-likeness (QED) is 0.843. The van der Waals surface area contributed by atoms with Crippen LogP contribution in [0.1, 0.15) is 41.9 Å². The minimum atomic E-state index is -0.0156. The predicted molar refractivity (Wildman–Crippen MR) is 97.0 cm³/mol. The van der Waals surface area contributed by atoms with Gasteiger partial charge in [-0.1, -0.05) is 6.07 Å². The molecule has 0 aliphatic rings. The Morgan fingerprint density at radius 3 is 2.50 bits per heavy atom. The molecule has 2 rings (SSSR count). The number of hydrogen-bond donors (Lipinski definition) is 1. The lowest BCUT2D eigenvalue weighted by Gasteiger charge is -2.19. The summed E-state index contributed by atoms with van der Waals surface area (Å²) in [7, 11) is 2.08. The van der Waals surface area contributed by atoms with Crippen LogP contribution in [0.2, 0.25) is 0 Å². The van der Waals surface area contributed by atoms with Crippen molar-refractivity contribution in [2.24, 2.45) is 0 Å². The maximum Gasteiger partial charge on any atom is 0.125 e. The minimum absolute atomic E-state index is 0.0156. The highest BCUT2D eigenvalue weighted by atomic mass is 16.5. The van der Waals surface area contributed by atoms with Gasteiger partial charge in [-0.15, -0.1) is 0 Å². The molecule has 0 saturated carbocycles. The van der Waals surface area contributed by atoms with Gasteiger partial charge in [0.05, 0.1) is 18.4 Å². The van der Waals surface area contributed by atoms with Gasteiger partial charge in [-0.25, -0.2) is 0 Å². The van der Waals surface area contributed by atoms with Crippen LogP contribution in [-0.2, 0) is 19.7 Å². The van der Waals surface area contributed by atoms with E-state index in [9.17, 15) is 5.11 Å². The third-order valence-corrected chi connectivity index (χ3v) is 3.69. The molecular formula is C20H28N2O2. The molecule has 0 radical (unpaired) electrons. The number of ether oxygens (including phenoxy) is 1. The van der Waals surface area contributed by atoms with Crippen LogP contribution in [0.25, 0.3) is 0 Å². The second-order valence-corrected chi connectivity index (χ2v) is 6.72. The summed E-state index contributed by atoms with van der Waals surface area (Å²) in [5, 5.41) is 9.58. The molecule has 4 nitrogen and oxygen atoms in total. The van der Waals surface area contributed by atoms with Crippen LogP contribution < -0.4 is 4.74 Å². The molecule has 1 heterocycles. The molecular weight excluding hydrogens is 300 g/mol. The number of aliphatic hydroxyl groups is 1. The maximum atomic E-state index is 9.58. The SMILES string of the molecule is Cc1cc(C)nc(CN(C)Cc2ccc(OC(C)C)c(CO)c2)c1. The lowest BCUT2D eigenvalue weighted by Crippen LogP contribution is -2.18. The van der Waals surface area contributed by atoms with Crippen LogP contribution in [0.3, 0.4) is 0 Å². The highest BCUT2D eigenvalue weighted by Gasteiger charge is 2.09. The maximum absolute atomic E-state index is 9.58. The summed E-state index contributed by atoms with van der Waals surface area (Å²) in [5.74, 6) is 0.759. The number of pyridine rings is 1. The Morgan fingerprint density at radius 1 is 1.12 bits per heavy atom. The molecule has 0 fully saturated rings. The van der Waals surface area contributed by atoms with Gasteiger partial charge in [0.15, 0.2) is 0 Å². The van der Waals surface area contributed by atoms with Crippen molar-refractivity contribution in [2.45, 2.75) is 53.5 Å². The summed E-state index contributed by atoms with van der Waals surface area (Å²) in [6, 6.07) is 10.2. The van der Waals surface area contributed by atoms with Crippen molar-refractivity contribution in [1.29, 1.82) is 0 Å². The molecule has 1 aromatic carbocycles. The van der Waals surface area contributed by atoms with Gasteiger partial charge >= 0.3 is 0 Å². The topological polar surface area (TPSA) is 45.6 Å². The summed E-state index contributed by atoms with van der Waals surface area (Å²) < 4.78 is 5.73. The lowest BCUT2D eigenvalue weighted by molar-refractivity contribution is 0.225. The molecule has 130 valence electrons. The minimum Gasteiger partial charge on any atom is -0.491 e. The first-order valence-electron chi connectivity index (χ1n) is 8.39. The van der Waals surface area contributed by atoms with Crippen LogP contribution in [0.5, 0.6) is 5.75 Å². The first-order valence-corrected chi connectivity index (χ1v) is 8.39. The van der Waals surface area contributed by atoms with Crippen molar-refractivity contribution in [2.75, 3.05) is 7.05 Å². The molecule has 0 amide bonds. The molecule has 4 heteroatoms. The van der Waals surface area contributed by atoms with Crippen LogP contribution in [0.15, 0.2) is 30.3 Å². The molecule has 2 aromatic rings. The van der Waals surface area contributed by atoms with Crippen LogP contribution in [0, 0.1) is 13.8 Å². The smallest absolute Gasteiger partial charge is 0.125 e. The largest absolute Gasteiger partial charge is 0.491 e. The second-order valence-electron chi connectivity index (χ2n) is 6.72. The van der Waals surface area contributed by atoms with Gasteiger partial charge in [0.2, 0.25) is 0 Å². The molecule has 0 spiro atoms. The van der Waals surface area contributed by atoms with E-state index in [-0.39, 0.29) is 12.7 Å². The molecule has 0 aliphatic carbocycles. The van der Waals surface area contributed by atoms with Gasteiger partial charge in [0, 0.05) is 24.3 Å². The van der Waals surface area contributed by atoms with Gasteiger partial charge in [-0.05, 0) is 70.1 Å². The summed E-state index contributed by atoms with van der Waals surface area (Å²) in [6.45, 7) is 9.67. The molecule has 0 atom stereocenters. The van der Waals surface area contributed by atoms with E-state index in [0.29, 0.717) is 0 Å². The molecule has 0 unspecified atom stereocenters. The Balaban J connectivity index is 2.06. The van der Waals surface area contributed by atoms with E-state index in [1.54, 1.807) is 0 Å². The number of rotatable bonds is 7. The molecule has 1 aromatic heterocycles. The third kappa shape index (κ3) is 5.32. The number of aryl methyl sites for hydroxylation is 2. The van der Waals surface area contributed by atoms with E-state index in [2.05, 4.69) is 42.1 Å². The molecule has 0 saturated heterocycles. The number of benzene rings is 1. The fourth-order valence-corrected chi connectivity index (χ4v) is 2.87. The number of aromatic nitrogens is 1. The Bertz CT molecular complexity index is 663. The van der Waals surface area contributed by atoms with Crippen molar-refractivity contribution >= 4 is 0 Å². The van der Waals surface area contributed by atoms with Crippen molar-refractivity contribution in [1.82, 2.24) is 9.88 Å². The van der Waals surface area contributed by atoms with E-state index >= 15 is 0 Å². The van der Waals surface area contributed by atoms with Crippen LogP contribution in [0.4, 0.5) is 0 Å².